The molecule has 0 nitrogen and oxygen atoms in total. The molecule has 0 aromatic carbocycles. The van der Waals surface area contributed by atoms with Crippen molar-refractivity contribution in [3.8, 4) is 0 Å². The van der Waals surface area contributed by atoms with E-state index in [0.29, 0.717) is 0 Å². The van der Waals surface area contributed by atoms with Crippen molar-refractivity contribution in [2.45, 2.75) is 18.5 Å². The second-order valence-electron chi connectivity index (χ2n) is 2.36. The van der Waals surface area contributed by atoms with E-state index in [0.717, 1.165) is 0 Å². The zero-order chi connectivity index (χ0) is 6.57. The van der Waals surface area contributed by atoms with Gasteiger partial charge >= 0.3 is 0 Å². The van der Waals surface area contributed by atoms with Gasteiger partial charge in [0.25, 0.3) is 14.1 Å². The molecule has 0 aliphatic carbocycles. The summed E-state index contributed by atoms with van der Waals surface area (Å²) < 4.78 is 0. The molecule has 0 radical (unpaired) electrons. The average Bonchev–Trinajstić information content (AvgIpc) is 1.65. The first-order valence-corrected chi connectivity index (χ1v) is 5.95. The molecule has 8 heavy (non-hydrogen) atoms. The van der Waals surface area contributed by atoms with Crippen LogP contribution >= 0.6 is 0 Å². The van der Waals surface area contributed by atoms with E-state index in [1.807, 2.05) is 6.08 Å². The Morgan fingerprint density at radius 3 is 2.12 bits per heavy atom. The molecule has 0 aromatic heterocycles. The highest BCUT2D eigenvalue weighted by Crippen LogP contribution is 1.94. The molecule has 0 aromatic rings. The van der Waals surface area contributed by atoms with Crippen LogP contribution in [0.1, 0.15) is 6.92 Å². The molecule has 0 fully saturated rings. The minimum Gasteiger partial charge on any atom is -0.142 e. The van der Waals surface area contributed by atoms with Gasteiger partial charge in [-0.3, -0.25) is 0 Å². The van der Waals surface area contributed by atoms with Crippen molar-refractivity contribution in [3.63, 3.8) is 0 Å². The lowest BCUT2D eigenvalue weighted by atomic mass is 10.4. The molecule has 0 amide bonds. The van der Waals surface area contributed by atoms with Crippen LogP contribution in [0.25, 0.3) is 0 Å². The third kappa shape index (κ3) is 4.18. The molecule has 0 heterocycles. The molecule has 0 saturated carbocycles. The van der Waals surface area contributed by atoms with Gasteiger partial charge in [0.1, 0.15) is 0 Å². The summed E-state index contributed by atoms with van der Waals surface area (Å²) in [5.41, 5.74) is 1.33. The van der Waals surface area contributed by atoms with Gasteiger partial charge in [-0.25, -0.2) is 0 Å². The normalized spacial score (nSPS) is 11.1. The summed E-state index contributed by atoms with van der Waals surface area (Å²) in [6.45, 7) is 5.76. The smallest absolute Gasteiger partial charge is 0.142 e. The fourth-order valence-electron chi connectivity index (χ4n) is 0.594. The second-order valence-corrected chi connectivity index (χ2v) is 5.18. The van der Waals surface area contributed by atoms with E-state index in [-0.39, 0.29) is 0 Å². The van der Waals surface area contributed by atoms with Crippen molar-refractivity contribution < 1.29 is 0 Å². The molecule has 0 bridgehead atoms. The van der Waals surface area contributed by atoms with E-state index < -0.39 is 14.1 Å². The molecule has 0 unspecified atom stereocenters. The molecule has 0 aliphatic rings. The third-order valence-electron chi connectivity index (χ3n) is 0.918. The Labute approximate surface area is 56.3 Å². The summed E-state index contributed by atoms with van der Waals surface area (Å²) in [6.07, 6.45) is 1.91. The lowest BCUT2D eigenvalue weighted by Crippen LogP contribution is -1.93. The molecule has 0 rings (SSSR count). The zero-order valence-electron chi connectivity index (χ0n) is 5.94. The van der Waals surface area contributed by atoms with Crippen LogP contribution in [-0.2, 0) is 0 Å². The standard InChI is InChI=1S/C5H7.2CH3.Al/c1-4-5(2)3;;;/h2,4H,1H2,3H3;2*1H3;. The van der Waals surface area contributed by atoms with Gasteiger partial charge in [-0.1, -0.05) is 18.2 Å². The predicted octanol–water partition coefficient (Wildman–Crippen LogP) is 2.41. The van der Waals surface area contributed by atoms with Crippen molar-refractivity contribution in [1.29, 1.82) is 0 Å². The van der Waals surface area contributed by atoms with E-state index in [9.17, 15) is 0 Å². The Morgan fingerprint density at radius 1 is 1.50 bits per heavy atom. The third-order valence-corrected chi connectivity index (χ3v) is 2.11. The predicted molar refractivity (Wildman–Crippen MR) is 41.4 cm³/mol. The molecular formula is C7H13Al. The Kier molecular flexibility index (Phi) is 3.95. The Balaban J connectivity index is 3.74. The fraction of sp³-hybridized carbons (Fsp3) is 0.429. The topological polar surface area (TPSA) is 0 Å². The number of rotatable bonds is 2. The first-order valence-electron chi connectivity index (χ1n) is 2.97. The van der Waals surface area contributed by atoms with Crippen LogP contribution in [0.5, 0.6) is 0 Å². The number of hydrogen-bond acceptors (Lipinski definition) is 0. The van der Waals surface area contributed by atoms with Gasteiger partial charge in [-0.05, 0) is 6.92 Å². The molecule has 0 aliphatic heterocycles. The van der Waals surface area contributed by atoms with Crippen molar-refractivity contribution in [1.82, 2.24) is 0 Å². The van der Waals surface area contributed by atoms with Gasteiger partial charge in [0.15, 0.2) is 0 Å². The van der Waals surface area contributed by atoms with Crippen molar-refractivity contribution in [3.05, 3.63) is 23.2 Å². The monoisotopic (exact) mass is 124 g/mol. The largest absolute Gasteiger partial charge is 0.288 e. The van der Waals surface area contributed by atoms with Gasteiger partial charge in [0.2, 0.25) is 0 Å². The Bertz CT molecular complexity index is 101. The maximum absolute atomic E-state index is 3.67. The van der Waals surface area contributed by atoms with E-state index in [1.54, 1.807) is 0 Å². The van der Waals surface area contributed by atoms with Crippen LogP contribution in [0, 0.1) is 0 Å². The van der Waals surface area contributed by atoms with E-state index >= 15 is 0 Å². The van der Waals surface area contributed by atoms with Gasteiger partial charge in [0, 0.05) is 0 Å². The van der Waals surface area contributed by atoms with E-state index in [1.165, 1.54) is 5.57 Å². The Morgan fingerprint density at radius 2 is 2.00 bits per heavy atom. The molecule has 0 saturated heterocycles. The lowest BCUT2D eigenvalue weighted by Gasteiger charge is -1.89. The molecule has 44 valence electrons. The highest BCUT2D eigenvalue weighted by atomic mass is 27.2. The molecule has 1 heteroatoms. The average molecular weight is 124 g/mol. The SMILES string of the molecule is C=C/C(C)=[CH]/[Al]([CH3])[CH3]. The summed E-state index contributed by atoms with van der Waals surface area (Å²) in [4.78, 5) is 2.33. The maximum atomic E-state index is 3.67. The summed E-state index contributed by atoms with van der Waals surface area (Å²) in [5, 5.41) is 0. The van der Waals surface area contributed by atoms with E-state index in [2.05, 4.69) is 30.0 Å². The molecule has 0 N–H and O–H groups in total. The van der Waals surface area contributed by atoms with E-state index in [4.69, 9.17) is 0 Å². The van der Waals surface area contributed by atoms with Gasteiger partial charge in [-0.2, -0.15) is 0 Å². The lowest BCUT2D eigenvalue weighted by molar-refractivity contribution is 1.55. The van der Waals surface area contributed by atoms with Gasteiger partial charge < -0.3 is 0 Å². The molecule has 0 atom stereocenters. The van der Waals surface area contributed by atoms with Crippen LogP contribution in [0.15, 0.2) is 23.2 Å². The van der Waals surface area contributed by atoms with Crippen molar-refractivity contribution in [2.24, 2.45) is 0 Å². The first-order chi connectivity index (χ1) is 3.66. The Hall–Kier alpha value is 0.0125. The minimum absolute atomic E-state index is 0.479. The first kappa shape index (κ1) is 8.01. The van der Waals surface area contributed by atoms with Crippen LogP contribution in [0.2, 0.25) is 11.6 Å². The highest BCUT2D eigenvalue weighted by molar-refractivity contribution is 6.61. The number of hydrogen-bond donors (Lipinski definition) is 0. The number of allylic oxidation sites excluding steroid dienone is 2. The van der Waals surface area contributed by atoms with Crippen molar-refractivity contribution in [2.75, 3.05) is 0 Å². The fourth-order valence-corrected chi connectivity index (χ4v) is 1.78. The molecular weight excluding hydrogens is 111 g/mol. The zero-order valence-corrected chi connectivity index (χ0v) is 7.09. The molecule has 0 spiro atoms. The van der Waals surface area contributed by atoms with Gasteiger partial charge in [-0.15, -0.1) is 16.5 Å². The van der Waals surface area contributed by atoms with Gasteiger partial charge in [0.05, 0.1) is 0 Å². The summed E-state index contributed by atoms with van der Waals surface area (Å²) in [5.74, 6) is 4.60. The summed E-state index contributed by atoms with van der Waals surface area (Å²) >= 11 is -0.479. The maximum Gasteiger partial charge on any atom is 0.288 e. The quantitative estimate of drug-likeness (QED) is 0.391. The second kappa shape index (κ2) is 3.95. The summed E-state index contributed by atoms with van der Waals surface area (Å²) in [6, 6.07) is 0. The highest BCUT2D eigenvalue weighted by Gasteiger charge is 1.93. The van der Waals surface area contributed by atoms with Crippen LogP contribution in [-0.4, -0.2) is 14.1 Å². The van der Waals surface area contributed by atoms with Crippen LogP contribution < -0.4 is 0 Å². The summed E-state index contributed by atoms with van der Waals surface area (Å²) in [7, 11) is 0. The van der Waals surface area contributed by atoms with Crippen molar-refractivity contribution >= 4 is 14.1 Å². The minimum atomic E-state index is -0.479. The van der Waals surface area contributed by atoms with Crippen LogP contribution in [0.3, 0.4) is 0 Å². The van der Waals surface area contributed by atoms with Crippen LogP contribution in [0.4, 0.5) is 0 Å².